The molecule has 24 heavy (non-hydrogen) atoms. The molecule has 0 bridgehead atoms. The van der Waals surface area contributed by atoms with E-state index in [1.165, 1.54) is 0 Å². The zero-order valence-electron chi connectivity index (χ0n) is 13.5. The number of piperidine rings is 1. The second-order valence-electron chi connectivity index (χ2n) is 6.18. The van der Waals surface area contributed by atoms with Gasteiger partial charge in [0, 0.05) is 28.7 Å². The van der Waals surface area contributed by atoms with E-state index in [-0.39, 0.29) is 6.10 Å². The van der Waals surface area contributed by atoms with E-state index < -0.39 is 0 Å². The number of aryl methyl sites for hydroxylation is 1. The molecule has 0 aliphatic carbocycles. The number of rotatable bonds is 3. The summed E-state index contributed by atoms with van der Waals surface area (Å²) < 4.78 is 6.41. The molecule has 1 aliphatic rings. The number of hydrogen-bond acceptors (Lipinski definition) is 4. The Balaban J connectivity index is 1.83. The normalized spacial score (nSPS) is 18.0. The minimum absolute atomic E-state index is 0.206. The highest BCUT2D eigenvalue weighted by Crippen LogP contribution is 2.40. The van der Waals surface area contributed by atoms with Crippen molar-refractivity contribution in [1.82, 2.24) is 10.3 Å². The Morgan fingerprint density at radius 3 is 3.04 bits per heavy atom. The summed E-state index contributed by atoms with van der Waals surface area (Å²) in [5.41, 5.74) is 3.25. The molecular formula is C19H19ClN2OS. The van der Waals surface area contributed by atoms with Crippen molar-refractivity contribution in [2.24, 2.45) is 0 Å². The molecule has 1 atom stereocenters. The highest BCUT2D eigenvalue weighted by Gasteiger charge is 2.20. The predicted molar refractivity (Wildman–Crippen MR) is 101 cm³/mol. The maximum Gasteiger partial charge on any atom is 0.130 e. The Labute approximate surface area is 150 Å². The lowest BCUT2D eigenvalue weighted by Gasteiger charge is -2.26. The van der Waals surface area contributed by atoms with Crippen LogP contribution >= 0.6 is 22.9 Å². The molecule has 3 aromatic rings. The van der Waals surface area contributed by atoms with E-state index >= 15 is 0 Å². The van der Waals surface area contributed by atoms with Crippen LogP contribution in [0.3, 0.4) is 0 Å². The lowest BCUT2D eigenvalue weighted by molar-refractivity contribution is 0.167. The standard InChI is InChI=1S/C19H19ClN2OS/c1-12-9-13(20)10-17(18(12)23-14-3-2-6-21-11-14)15-4-7-22-19-16(15)5-8-24-19/h4-5,7-10,14,21H,2-3,6,11H2,1H3. The number of fused-ring (bicyclic) bond motifs is 1. The number of nitrogens with one attached hydrogen (secondary N) is 1. The molecule has 1 fully saturated rings. The first kappa shape index (κ1) is 15.9. The van der Waals surface area contributed by atoms with Gasteiger partial charge in [-0.05, 0) is 67.1 Å². The van der Waals surface area contributed by atoms with Gasteiger partial charge < -0.3 is 10.1 Å². The number of pyridine rings is 1. The molecular weight excluding hydrogens is 340 g/mol. The van der Waals surface area contributed by atoms with Gasteiger partial charge in [-0.3, -0.25) is 0 Å². The molecule has 1 N–H and O–H groups in total. The predicted octanol–water partition coefficient (Wildman–Crippen LogP) is 5.06. The van der Waals surface area contributed by atoms with Crippen LogP contribution < -0.4 is 10.1 Å². The van der Waals surface area contributed by atoms with Crippen LogP contribution in [0.4, 0.5) is 0 Å². The molecule has 0 amide bonds. The Bertz CT molecular complexity index is 871. The largest absolute Gasteiger partial charge is 0.488 e. The van der Waals surface area contributed by atoms with Crippen LogP contribution in [0.5, 0.6) is 5.75 Å². The number of halogens is 1. The van der Waals surface area contributed by atoms with Gasteiger partial charge in [0.15, 0.2) is 0 Å². The molecule has 1 saturated heterocycles. The summed E-state index contributed by atoms with van der Waals surface area (Å²) >= 11 is 8.01. The third kappa shape index (κ3) is 3.02. The minimum atomic E-state index is 0.206. The van der Waals surface area contributed by atoms with Crippen molar-refractivity contribution in [1.29, 1.82) is 0 Å². The van der Waals surface area contributed by atoms with Crippen LogP contribution in [0.25, 0.3) is 21.3 Å². The average molecular weight is 359 g/mol. The summed E-state index contributed by atoms with van der Waals surface area (Å²) in [6.45, 7) is 4.03. The number of nitrogens with zero attached hydrogens (tertiary/aromatic N) is 1. The topological polar surface area (TPSA) is 34.1 Å². The fourth-order valence-electron chi connectivity index (χ4n) is 3.28. The van der Waals surface area contributed by atoms with E-state index in [1.54, 1.807) is 11.3 Å². The number of hydrogen-bond donors (Lipinski definition) is 1. The van der Waals surface area contributed by atoms with Crippen LogP contribution in [-0.4, -0.2) is 24.2 Å². The molecule has 2 aromatic heterocycles. The third-order valence-corrected chi connectivity index (χ3v) is 5.47. The molecule has 0 saturated carbocycles. The number of ether oxygens (including phenoxy) is 1. The average Bonchev–Trinajstić information content (AvgIpc) is 3.07. The SMILES string of the molecule is Cc1cc(Cl)cc(-c2ccnc3sccc23)c1OC1CCCNC1. The molecule has 3 nitrogen and oxygen atoms in total. The molecule has 1 aromatic carbocycles. The van der Waals surface area contributed by atoms with Crippen LogP contribution in [0.15, 0.2) is 35.8 Å². The van der Waals surface area contributed by atoms with Crippen molar-refractivity contribution < 1.29 is 4.74 Å². The fourth-order valence-corrected chi connectivity index (χ4v) is 4.32. The van der Waals surface area contributed by atoms with Gasteiger partial charge in [0.2, 0.25) is 0 Å². The fraction of sp³-hybridized carbons (Fsp3) is 0.316. The summed E-state index contributed by atoms with van der Waals surface area (Å²) in [6.07, 6.45) is 4.29. The van der Waals surface area contributed by atoms with Crippen molar-refractivity contribution in [3.63, 3.8) is 0 Å². The summed E-state index contributed by atoms with van der Waals surface area (Å²) in [7, 11) is 0. The van der Waals surface area contributed by atoms with Gasteiger partial charge in [0.1, 0.15) is 16.7 Å². The van der Waals surface area contributed by atoms with Gasteiger partial charge in [-0.25, -0.2) is 4.98 Å². The Kier molecular flexibility index (Phi) is 4.44. The highest BCUT2D eigenvalue weighted by atomic mass is 35.5. The first-order chi connectivity index (χ1) is 11.7. The molecule has 3 heterocycles. The van der Waals surface area contributed by atoms with Crippen LogP contribution in [-0.2, 0) is 0 Å². The van der Waals surface area contributed by atoms with Crippen molar-refractivity contribution >= 4 is 33.2 Å². The van der Waals surface area contributed by atoms with Gasteiger partial charge in [-0.15, -0.1) is 11.3 Å². The Morgan fingerprint density at radius 2 is 2.21 bits per heavy atom. The third-order valence-electron chi connectivity index (χ3n) is 4.43. The number of aromatic nitrogens is 1. The molecule has 5 heteroatoms. The lowest BCUT2D eigenvalue weighted by Crippen LogP contribution is -2.37. The van der Waals surface area contributed by atoms with E-state index in [1.807, 2.05) is 24.4 Å². The van der Waals surface area contributed by atoms with Crippen LogP contribution in [0.1, 0.15) is 18.4 Å². The van der Waals surface area contributed by atoms with Crippen molar-refractivity contribution in [3.05, 3.63) is 46.4 Å². The second kappa shape index (κ2) is 6.71. The van der Waals surface area contributed by atoms with E-state index in [4.69, 9.17) is 16.3 Å². The number of thiophene rings is 1. The summed E-state index contributed by atoms with van der Waals surface area (Å²) in [6, 6.07) is 8.14. The smallest absolute Gasteiger partial charge is 0.130 e. The summed E-state index contributed by atoms with van der Waals surface area (Å²) in [5.74, 6) is 0.937. The van der Waals surface area contributed by atoms with Crippen molar-refractivity contribution in [2.45, 2.75) is 25.9 Å². The van der Waals surface area contributed by atoms with E-state index in [0.29, 0.717) is 0 Å². The second-order valence-corrected chi connectivity index (χ2v) is 7.51. The van der Waals surface area contributed by atoms with Crippen LogP contribution in [0.2, 0.25) is 5.02 Å². The lowest BCUT2D eigenvalue weighted by atomic mass is 10.00. The molecule has 124 valence electrons. The quantitative estimate of drug-likeness (QED) is 0.710. The number of benzene rings is 1. The van der Waals surface area contributed by atoms with Gasteiger partial charge in [0.05, 0.1) is 0 Å². The summed E-state index contributed by atoms with van der Waals surface area (Å²) in [4.78, 5) is 5.49. The van der Waals surface area contributed by atoms with Crippen molar-refractivity contribution in [2.75, 3.05) is 13.1 Å². The molecule has 1 aliphatic heterocycles. The molecule has 0 radical (unpaired) electrons. The zero-order valence-corrected chi connectivity index (χ0v) is 15.1. The van der Waals surface area contributed by atoms with E-state index in [9.17, 15) is 0 Å². The maximum absolute atomic E-state index is 6.41. The van der Waals surface area contributed by atoms with E-state index in [2.05, 4.69) is 28.7 Å². The summed E-state index contributed by atoms with van der Waals surface area (Å²) in [5, 5.41) is 7.37. The maximum atomic E-state index is 6.41. The van der Waals surface area contributed by atoms with Gasteiger partial charge in [0.25, 0.3) is 0 Å². The zero-order chi connectivity index (χ0) is 16.5. The highest BCUT2D eigenvalue weighted by molar-refractivity contribution is 7.16. The Morgan fingerprint density at radius 1 is 1.29 bits per heavy atom. The van der Waals surface area contributed by atoms with E-state index in [0.717, 1.165) is 63.6 Å². The molecule has 0 spiro atoms. The Hall–Kier alpha value is -1.62. The molecule has 4 rings (SSSR count). The molecule has 1 unspecified atom stereocenters. The van der Waals surface area contributed by atoms with Crippen molar-refractivity contribution in [3.8, 4) is 16.9 Å². The van der Waals surface area contributed by atoms with Gasteiger partial charge in [-0.2, -0.15) is 0 Å². The minimum Gasteiger partial charge on any atom is -0.488 e. The van der Waals surface area contributed by atoms with Gasteiger partial charge >= 0.3 is 0 Å². The van der Waals surface area contributed by atoms with Crippen LogP contribution in [0, 0.1) is 6.92 Å². The van der Waals surface area contributed by atoms with Gasteiger partial charge in [-0.1, -0.05) is 11.6 Å². The first-order valence-electron chi connectivity index (χ1n) is 8.22. The monoisotopic (exact) mass is 358 g/mol. The first-order valence-corrected chi connectivity index (χ1v) is 9.48.